The Labute approximate surface area is 119 Å². The van der Waals surface area contributed by atoms with Crippen LogP contribution in [0.25, 0.3) is 0 Å². The lowest BCUT2D eigenvalue weighted by Crippen LogP contribution is -2.51. The second kappa shape index (κ2) is 6.40. The Hall–Kier alpha value is -1.06. The van der Waals surface area contributed by atoms with Crippen molar-refractivity contribution in [2.75, 3.05) is 14.1 Å². The van der Waals surface area contributed by atoms with Gasteiger partial charge in [0.05, 0.1) is 0 Å². The fourth-order valence-corrected chi connectivity index (χ4v) is 2.88. The fraction of sp³-hybridized carbons (Fsp3) is 0.533. The number of carbonyl (C=O) groups excluding carboxylic acids is 1. The van der Waals surface area contributed by atoms with Crippen molar-refractivity contribution in [1.29, 1.82) is 0 Å². The van der Waals surface area contributed by atoms with E-state index in [1.807, 2.05) is 0 Å². The van der Waals surface area contributed by atoms with Gasteiger partial charge in [-0.25, -0.2) is 0 Å². The summed E-state index contributed by atoms with van der Waals surface area (Å²) < 4.78 is 0. The molecule has 1 amide bonds. The van der Waals surface area contributed by atoms with Gasteiger partial charge in [-0.05, 0) is 51.2 Å². The number of likely N-dealkylation sites (N-methyl/N-ethyl adjacent to an activating group) is 1. The minimum Gasteiger partial charge on any atom is -0.348 e. The summed E-state index contributed by atoms with van der Waals surface area (Å²) in [5.41, 5.74) is 0.674. The van der Waals surface area contributed by atoms with E-state index in [0.717, 1.165) is 12.8 Å². The Morgan fingerprint density at radius 1 is 1.21 bits per heavy atom. The highest BCUT2D eigenvalue weighted by atomic mass is 35.5. The molecule has 0 aromatic heterocycles. The number of rotatable bonds is 3. The second-order valence-electron chi connectivity index (χ2n) is 5.40. The van der Waals surface area contributed by atoms with Gasteiger partial charge in [0.1, 0.15) is 0 Å². The molecule has 0 radical (unpaired) electrons. The summed E-state index contributed by atoms with van der Waals surface area (Å²) in [4.78, 5) is 14.4. The van der Waals surface area contributed by atoms with Crippen LogP contribution in [-0.2, 0) is 0 Å². The maximum atomic E-state index is 12.2. The first-order valence-electron chi connectivity index (χ1n) is 6.81. The lowest BCUT2D eigenvalue weighted by Gasteiger charge is -2.36. The predicted molar refractivity (Wildman–Crippen MR) is 78.6 cm³/mol. The van der Waals surface area contributed by atoms with Crippen LogP contribution < -0.4 is 5.32 Å². The molecular weight excluding hydrogens is 260 g/mol. The Morgan fingerprint density at radius 2 is 1.84 bits per heavy atom. The molecule has 1 aromatic rings. The molecule has 2 rings (SSSR count). The summed E-state index contributed by atoms with van der Waals surface area (Å²) in [5.74, 6) is -0.00424. The van der Waals surface area contributed by atoms with Gasteiger partial charge in [-0.3, -0.25) is 4.79 Å². The summed E-state index contributed by atoms with van der Waals surface area (Å²) in [5, 5.41) is 3.82. The largest absolute Gasteiger partial charge is 0.348 e. The van der Waals surface area contributed by atoms with Crippen LogP contribution in [0.2, 0.25) is 5.02 Å². The summed E-state index contributed by atoms with van der Waals surface area (Å²) in [6.45, 7) is 0. The molecule has 1 fully saturated rings. The number of carbonyl (C=O) groups is 1. The van der Waals surface area contributed by atoms with Gasteiger partial charge in [-0.15, -0.1) is 0 Å². The maximum absolute atomic E-state index is 12.2. The molecule has 19 heavy (non-hydrogen) atoms. The molecule has 1 saturated carbocycles. The average molecular weight is 281 g/mol. The molecule has 104 valence electrons. The molecule has 0 saturated heterocycles. The summed E-state index contributed by atoms with van der Waals surface area (Å²) >= 11 is 5.83. The molecule has 1 N–H and O–H groups in total. The highest BCUT2D eigenvalue weighted by Crippen LogP contribution is 2.22. The van der Waals surface area contributed by atoms with Crippen LogP contribution in [-0.4, -0.2) is 37.0 Å². The van der Waals surface area contributed by atoms with Crippen LogP contribution in [0.1, 0.15) is 36.0 Å². The van der Waals surface area contributed by atoms with E-state index in [1.165, 1.54) is 12.8 Å². The molecule has 0 heterocycles. The number of nitrogens with zero attached hydrogens (tertiary/aromatic N) is 1. The van der Waals surface area contributed by atoms with Crippen LogP contribution in [0.4, 0.5) is 0 Å². The summed E-state index contributed by atoms with van der Waals surface area (Å²) in [6, 6.07) is 7.72. The van der Waals surface area contributed by atoms with Crippen molar-refractivity contribution in [1.82, 2.24) is 10.2 Å². The summed E-state index contributed by atoms with van der Waals surface area (Å²) in [6.07, 6.45) is 4.65. The van der Waals surface area contributed by atoms with E-state index in [4.69, 9.17) is 11.6 Å². The quantitative estimate of drug-likeness (QED) is 0.923. The monoisotopic (exact) mass is 280 g/mol. The van der Waals surface area contributed by atoms with Gasteiger partial charge >= 0.3 is 0 Å². The Balaban J connectivity index is 2.02. The van der Waals surface area contributed by atoms with Crippen molar-refractivity contribution in [3.8, 4) is 0 Å². The van der Waals surface area contributed by atoms with Gasteiger partial charge in [0.15, 0.2) is 0 Å². The minimum absolute atomic E-state index is 0.00424. The zero-order chi connectivity index (χ0) is 13.8. The standard InChI is InChI=1S/C15H21ClN2O/c1-18(2)14-6-4-3-5-13(14)17-15(19)11-7-9-12(16)10-8-11/h7-10,13-14H,3-6H2,1-2H3,(H,17,19). The maximum Gasteiger partial charge on any atom is 0.251 e. The fourth-order valence-electron chi connectivity index (χ4n) is 2.75. The van der Waals surface area contributed by atoms with E-state index < -0.39 is 0 Å². The van der Waals surface area contributed by atoms with E-state index in [0.29, 0.717) is 16.6 Å². The number of hydrogen-bond acceptors (Lipinski definition) is 2. The highest BCUT2D eigenvalue weighted by molar-refractivity contribution is 6.30. The molecule has 4 heteroatoms. The average Bonchev–Trinajstić information content (AvgIpc) is 2.39. The van der Waals surface area contributed by atoms with Crippen molar-refractivity contribution in [2.45, 2.75) is 37.8 Å². The van der Waals surface area contributed by atoms with E-state index in [9.17, 15) is 4.79 Å². The lowest BCUT2D eigenvalue weighted by atomic mass is 9.89. The minimum atomic E-state index is -0.00424. The molecular formula is C15H21ClN2O. The molecule has 2 atom stereocenters. The molecule has 2 unspecified atom stereocenters. The Morgan fingerprint density at radius 3 is 2.47 bits per heavy atom. The van der Waals surface area contributed by atoms with E-state index in [1.54, 1.807) is 24.3 Å². The smallest absolute Gasteiger partial charge is 0.251 e. The molecule has 3 nitrogen and oxygen atoms in total. The summed E-state index contributed by atoms with van der Waals surface area (Å²) in [7, 11) is 4.16. The number of amides is 1. The normalized spacial score (nSPS) is 23.4. The van der Waals surface area contributed by atoms with E-state index in [-0.39, 0.29) is 11.9 Å². The number of hydrogen-bond donors (Lipinski definition) is 1. The zero-order valence-electron chi connectivity index (χ0n) is 11.5. The van der Waals surface area contributed by atoms with Gasteiger partial charge < -0.3 is 10.2 Å². The van der Waals surface area contributed by atoms with Crippen molar-refractivity contribution in [2.24, 2.45) is 0 Å². The van der Waals surface area contributed by atoms with E-state index in [2.05, 4.69) is 24.3 Å². The predicted octanol–water partition coefficient (Wildman–Crippen LogP) is 2.94. The Kier molecular flexibility index (Phi) is 4.83. The molecule has 1 aliphatic rings. The van der Waals surface area contributed by atoms with Crippen molar-refractivity contribution in [3.63, 3.8) is 0 Å². The number of halogens is 1. The van der Waals surface area contributed by atoms with Gasteiger partial charge in [0.2, 0.25) is 0 Å². The first-order chi connectivity index (χ1) is 9.08. The molecule has 0 bridgehead atoms. The van der Waals surface area contributed by atoms with Crippen molar-refractivity contribution in [3.05, 3.63) is 34.9 Å². The third kappa shape index (κ3) is 3.71. The first kappa shape index (κ1) is 14.4. The lowest BCUT2D eigenvalue weighted by molar-refractivity contribution is 0.0883. The van der Waals surface area contributed by atoms with Crippen LogP contribution in [0, 0.1) is 0 Å². The SMILES string of the molecule is CN(C)C1CCCCC1NC(=O)c1ccc(Cl)cc1. The van der Waals surface area contributed by atoms with Crippen LogP contribution >= 0.6 is 11.6 Å². The van der Waals surface area contributed by atoms with Crippen LogP contribution in [0.5, 0.6) is 0 Å². The third-order valence-corrected chi connectivity index (χ3v) is 4.07. The first-order valence-corrected chi connectivity index (χ1v) is 7.18. The van der Waals surface area contributed by atoms with Gasteiger partial charge in [0, 0.05) is 22.7 Å². The van der Waals surface area contributed by atoms with Crippen molar-refractivity contribution < 1.29 is 4.79 Å². The van der Waals surface area contributed by atoms with Gasteiger partial charge in [-0.1, -0.05) is 24.4 Å². The molecule has 1 aromatic carbocycles. The van der Waals surface area contributed by atoms with Gasteiger partial charge in [-0.2, -0.15) is 0 Å². The zero-order valence-corrected chi connectivity index (χ0v) is 12.3. The van der Waals surface area contributed by atoms with Crippen LogP contribution in [0.3, 0.4) is 0 Å². The molecule has 0 aliphatic heterocycles. The highest BCUT2D eigenvalue weighted by Gasteiger charge is 2.28. The van der Waals surface area contributed by atoms with Gasteiger partial charge in [0.25, 0.3) is 5.91 Å². The third-order valence-electron chi connectivity index (χ3n) is 3.82. The van der Waals surface area contributed by atoms with Crippen LogP contribution in [0.15, 0.2) is 24.3 Å². The molecule has 1 aliphatic carbocycles. The second-order valence-corrected chi connectivity index (χ2v) is 5.84. The van der Waals surface area contributed by atoms with E-state index >= 15 is 0 Å². The Bertz CT molecular complexity index is 430. The number of nitrogens with one attached hydrogen (secondary N) is 1. The van der Waals surface area contributed by atoms with Crippen molar-refractivity contribution >= 4 is 17.5 Å². The number of benzene rings is 1. The molecule has 0 spiro atoms. The topological polar surface area (TPSA) is 32.3 Å².